The first-order valence-corrected chi connectivity index (χ1v) is 8.16. The van der Waals surface area contributed by atoms with Crippen LogP contribution in [0.25, 0.3) is 0 Å². The van der Waals surface area contributed by atoms with Crippen molar-refractivity contribution in [1.29, 1.82) is 0 Å². The Morgan fingerprint density at radius 3 is 2.54 bits per heavy atom. The van der Waals surface area contributed by atoms with E-state index in [2.05, 4.69) is 23.0 Å². The molecule has 1 aliphatic heterocycles. The van der Waals surface area contributed by atoms with Crippen molar-refractivity contribution in [3.8, 4) is 5.75 Å². The third-order valence-electron chi connectivity index (χ3n) is 4.39. The van der Waals surface area contributed by atoms with E-state index in [0.717, 1.165) is 17.7 Å². The Kier molecular flexibility index (Phi) is 5.13. The zero-order valence-corrected chi connectivity index (χ0v) is 13.6. The van der Waals surface area contributed by atoms with Crippen LogP contribution in [-0.4, -0.2) is 23.7 Å². The average molecular weight is 326 g/mol. The van der Waals surface area contributed by atoms with Crippen molar-refractivity contribution in [2.75, 3.05) is 6.61 Å². The summed E-state index contributed by atoms with van der Waals surface area (Å²) in [6.07, 6.45) is 0.810. The molecule has 3 atom stereocenters. The van der Waals surface area contributed by atoms with Gasteiger partial charge in [-0.25, -0.2) is 5.43 Å². The van der Waals surface area contributed by atoms with Crippen LogP contribution >= 0.6 is 0 Å². The standard InChI is InChI=1S/C19H22N2O3/c1-13-17(19(22)23)18(21-20-13)15-9-5-6-10-16(15)24-12-11-14-7-3-2-4-8-14/h2-10,13,17-18,20-21H,11-12H2,1H3,(H,22,23). The number of para-hydroxylation sites is 1. The molecule has 1 saturated heterocycles. The van der Waals surface area contributed by atoms with E-state index in [4.69, 9.17) is 4.74 Å². The number of hydrogen-bond acceptors (Lipinski definition) is 4. The molecule has 5 nitrogen and oxygen atoms in total. The first-order chi connectivity index (χ1) is 11.7. The van der Waals surface area contributed by atoms with Gasteiger partial charge in [-0.3, -0.25) is 10.2 Å². The van der Waals surface area contributed by atoms with Gasteiger partial charge in [-0.15, -0.1) is 0 Å². The molecule has 2 aromatic carbocycles. The van der Waals surface area contributed by atoms with Crippen LogP contribution in [0.15, 0.2) is 54.6 Å². The zero-order valence-electron chi connectivity index (χ0n) is 13.6. The summed E-state index contributed by atoms with van der Waals surface area (Å²) in [5, 5.41) is 9.51. The van der Waals surface area contributed by atoms with E-state index in [1.807, 2.05) is 49.4 Å². The Morgan fingerprint density at radius 2 is 1.79 bits per heavy atom. The van der Waals surface area contributed by atoms with Crippen LogP contribution in [-0.2, 0) is 11.2 Å². The lowest BCUT2D eigenvalue weighted by Crippen LogP contribution is -2.30. The van der Waals surface area contributed by atoms with Gasteiger partial charge in [0.05, 0.1) is 18.6 Å². The van der Waals surface area contributed by atoms with E-state index in [-0.39, 0.29) is 12.1 Å². The predicted molar refractivity (Wildman–Crippen MR) is 91.7 cm³/mol. The van der Waals surface area contributed by atoms with Gasteiger partial charge in [0.1, 0.15) is 5.75 Å². The fourth-order valence-electron chi connectivity index (χ4n) is 3.11. The average Bonchev–Trinajstić information content (AvgIpc) is 2.98. The van der Waals surface area contributed by atoms with Gasteiger partial charge >= 0.3 is 5.97 Å². The topological polar surface area (TPSA) is 70.6 Å². The Morgan fingerprint density at radius 1 is 1.08 bits per heavy atom. The first-order valence-electron chi connectivity index (χ1n) is 8.16. The van der Waals surface area contributed by atoms with Crippen molar-refractivity contribution in [2.24, 2.45) is 5.92 Å². The van der Waals surface area contributed by atoms with Crippen molar-refractivity contribution < 1.29 is 14.6 Å². The summed E-state index contributed by atoms with van der Waals surface area (Å²) in [7, 11) is 0. The number of aliphatic carboxylic acids is 1. The molecule has 0 aromatic heterocycles. The van der Waals surface area contributed by atoms with Gasteiger partial charge in [0, 0.05) is 18.0 Å². The highest BCUT2D eigenvalue weighted by molar-refractivity contribution is 5.73. The minimum atomic E-state index is -0.816. The minimum absolute atomic E-state index is 0.148. The number of hydrogen-bond donors (Lipinski definition) is 3. The smallest absolute Gasteiger partial charge is 0.310 e. The molecule has 1 fully saturated rings. The van der Waals surface area contributed by atoms with Crippen molar-refractivity contribution in [3.05, 3.63) is 65.7 Å². The van der Waals surface area contributed by atoms with E-state index in [0.29, 0.717) is 6.61 Å². The first kappa shape index (κ1) is 16.5. The molecule has 0 saturated carbocycles. The fourth-order valence-corrected chi connectivity index (χ4v) is 3.11. The molecule has 2 aromatic rings. The van der Waals surface area contributed by atoms with Gasteiger partial charge in [0.25, 0.3) is 0 Å². The van der Waals surface area contributed by atoms with E-state index in [1.165, 1.54) is 5.56 Å². The van der Waals surface area contributed by atoms with Crippen LogP contribution in [0.3, 0.4) is 0 Å². The molecule has 1 heterocycles. The maximum absolute atomic E-state index is 11.6. The molecular formula is C19H22N2O3. The van der Waals surface area contributed by atoms with Gasteiger partial charge in [-0.1, -0.05) is 48.5 Å². The van der Waals surface area contributed by atoms with Crippen LogP contribution < -0.4 is 15.6 Å². The highest BCUT2D eigenvalue weighted by Gasteiger charge is 2.40. The summed E-state index contributed by atoms with van der Waals surface area (Å²) in [6, 6.07) is 17.3. The quantitative estimate of drug-likeness (QED) is 0.761. The largest absolute Gasteiger partial charge is 0.493 e. The summed E-state index contributed by atoms with van der Waals surface area (Å²) < 4.78 is 5.96. The lowest BCUT2D eigenvalue weighted by atomic mass is 9.90. The van der Waals surface area contributed by atoms with Crippen LogP contribution in [0.1, 0.15) is 24.1 Å². The maximum atomic E-state index is 11.6. The number of carbonyl (C=O) groups is 1. The molecule has 24 heavy (non-hydrogen) atoms. The number of rotatable bonds is 6. The second-order valence-electron chi connectivity index (χ2n) is 6.04. The number of ether oxygens (including phenoxy) is 1. The summed E-state index contributed by atoms with van der Waals surface area (Å²) in [5.41, 5.74) is 8.20. The molecule has 0 radical (unpaired) electrons. The predicted octanol–water partition coefficient (Wildman–Crippen LogP) is 2.55. The third-order valence-corrected chi connectivity index (χ3v) is 4.39. The van der Waals surface area contributed by atoms with Gasteiger partial charge in [-0.2, -0.15) is 0 Å². The number of carboxylic acid groups (broad SMARTS) is 1. The van der Waals surface area contributed by atoms with E-state index >= 15 is 0 Å². The van der Waals surface area contributed by atoms with Gasteiger partial charge in [0.2, 0.25) is 0 Å². The summed E-state index contributed by atoms with van der Waals surface area (Å²) >= 11 is 0. The third kappa shape index (κ3) is 3.58. The van der Waals surface area contributed by atoms with Gasteiger partial charge in [0.15, 0.2) is 0 Å². The van der Waals surface area contributed by atoms with Crippen molar-refractivity contribution in [3.63, 3.8) is 0 Å². The summed E-state index contributed by atoms with van der Waals surface area (Å²) in [4.78, 5) is 11.6. The van der Waals surface area contributed by atoms with Crippen LogP contribution in [0, 0.1) is 5.92 Å². The highest BCUT2D eigenvalue weighted by Crippen LogP contribution is 2.34. The molecule has 3 rings (SSSR count). The molecule has 3 N–H and O–H groups in total. The number of carboxylic acids is 1. The molecule has 3 unspecified atom stereocenters. The molecular weight excluding hydrogens is 304 g/mol. The number of nitrogens with one attached hydrogen (secondary N) is 2. The van der Waals surface area contributed by atoms with Crippen molar-refractivity contribution in [2.45, 2.75) is 25.4 Å². The lowest BCUT2D eigenvalue weighted by Gasteiger charge is -2.20. The summed E-state index contributed by atoms with van der Waals surface area (Å²) in [5.74, 6) is -0.624. The molecule has 5 heteroatoms. The van der Waals surface area contributed by atoms with E-state index < -0.39 is 11.9 Å². The lowest BCUT2D eigenvalue weighted by molar-refractivity contribution is -0.142. The van der Waals surface area contributed by atoms with Gasteiger partial charge < -0.3 is 9.84 Å². The minimum Gasteiger partial charge on any atom is -0.493 e. The van der Waals surface area contributed by atoms with Gasteiger partial charge in [-0.05, 0) is 18.6 Å². The van der Waals surface area contributed by atoms with E-state index in [1.54, 1.807) is 0 Å². The number of hydrazine groups is 1. The zero-order chi connectivity index (χ0) is 16.9. The molecule has 0 spiro atoms. The molecule has 0 amide bonds. The molecule has 126 valence electrons. The maximum Gasteiger partial charge on any atom is 0.310 e. The Bertz CT molecular complexity index is 690. The monoisotopic (exact) mass is 326 g/mol. The Balaban J connectivity index is 1.72. The van der Waals surface area contributed by atoms with Crippen LogP contribution in [0.2, 0.25) is 0 Å². The molecule has 0 aliphatic carbocycles. The van der Waals surface area contributed by atoms with E-state index in [9.17, 15) is 9.90 Å². The second kappa shape index (κ2) is 7.47. The number of benzene rings is 2. The molecule has 1 aliphatic rings. The van der Waals surface area contributed by atoms with Crippen LogP contribution in [0.4, 0.5) is 0 Å². The summed E-state index contributed by atoms with van der Waals surface area (Å²) in [6.45, 7) is 2.42. The van der Waals surface area contributed by atoms with Crippen molar-refractivity contribution in [1.82, 2.24) is 10.9 Å². The highest BCUT2D eigenvalue weighted by atomic mass is 16.5. The fraction of sp³-hybridized carbons (Fsp3) is 0.316. The second-order valence-corrected chi connectivity index (χ2v) is 6.04. The normalized spacial score (nSPS) is 23.1. The SMILES string of the molecule is CC1NNC(c2ccccc2OCCc2ccccc2)C1C(=O)O. The molecule has 0 bridgehead atoms. The Labute approximate surface area is 141 Å². The Hall–Kier alpha value is -2.37. The van der Waals surface area contributed by atoms with Crippen molar-refractivity contribution >= 4 is 5.97 Å². The van der Waals surface area contributed by atoms with Crippen LogP contribution in [0.5, 0.6) is 5.75 Å².